The number of methoxy groups -OCH3 is 1. The zero-order valence-electron chi connectivity index (χ0n) is 10.2. The van der Waals surface area contributed by atoms with E-state index in [2.05, 4.69) is 11.0 Å². The first-order valence-corrected chi connectivity index (χ1v) is 5.60. The van der Waals surface area contributed by atoms with E-state index in [1.165, 1.54) is 0 Å². The fraction of sp³-hybridized carbons (Fsp3) is 0.538. The standard InChI is InChI=1S/C13H19NO2/c1-14(2)9-10-8-11(13(15)6-7-13)4-5-12(10)16-3/h4-5,8,15H,6-7,9H2,1-3H3. The van der Waals surface area contributed by atoms with Crippen molar-refractivity contribution in [2.24, 2.45) is 0 Å². The molecule has 0 heterocycles. The summed E-state index contributed by atoms with van der Waals surface area (Å²) in [6, 6.07) is 5.97. The van der Waals surface area contributed by atoms with Crippen LogP contribution in [0.15, 0.2) is 18.2 Å². The molecule has 0 aliphatic heterocycles. The molecule has 1 saturated carbocycles. The van der Waals surface area contributed by atoms with Crippen LogP contribution in [0.5, 0.6) is 5.75 Å². The average molecular weight is 221 g/mol. The molecule has 0 unspecified atom stereocenters. The van der Waals surface area contributed by atoms with Crippen molar-refractivity contribution in [2.75, 3.05) is 21.2 Å². The molecule has 1 fully saturated rings. The van der Waals surface area contributed by atoms with Crippen LogP contribution < -0.4 is 4.74 Å². The maximum atomic E-state index is 10.1. The minimum absolute atomic E-state index is 0.562. The molecule has 1 aromatic rings. The number of benzene rings is 1. The number of hydrogen-bond donors (Lipinski definition) is 1. The van der Waals surface area contributed by atoms with E-state index >= 15 is 0 Å². The van der Waals surface area contributed by atoms with Gasteiger partial charge in [-0.25, -0.2) is 0 Å². The second kappa shape index (κ2) is 4.07. The van der Waals surface area contributed by atoms with Gasteiger partial charge in [-0.3, -0.25) is 0 Å². The van der Waals surface area contributed by atoms with Gasteiger partial charge in [-0.15, -0.1) is 0 Å². The first-order valence-electron chi connectivity index (χ1n) is 5.60. The molecule has 88 valence electrons. The van der Waals surface area contributed by atoms with Crippen molar-refractivity contribution in [3.8, 4) is 5.75 Å². The molecule has 0 atom stereocenters. The summed E-state index contributed by atoms with van der Waals surface area (Å²) in [6.45, 7) is 0.826. The summed E-state index contributed by atoms with van der Waals surface area (Å²) in [5.74, 6) is 0.890. The Bertz CT molecular complexity index is 384. The van der Waals surface area contributed by atoms with E-state index in [-0.39, 0.29) is 0 Å². The van der Waals surface area contributed by atoms with Crippen molar-refractivity contribution in [3.05, 3.63) is 29.3 Å². The van der Waals surface area contributed by atoms with E-state index in [1.807, 2.05) is 26.2 Å². The zero-order valence-corrected chi connectivity index (χ0v) is 10.2. The van der Waals surface area contributed by atoms with E-state index in [0.29, 0.717) is 0 Å². The van der Waals surface area contributed by atoms with E-state index in [1.54, 1.807) is 7.11 Å². The van der Waals surface area contributed by atoms with Gasteiger partial charge in [0.25, 0.3) is 0 Å². The van der Waals surface area contributed by atoms with Crippen LogP contribution in [0, 0.1) is 0 Å². The summed E-state index contributed by atoms with van der Waals surface area (Å²) in [5.41, 5.74) is 1.59. The molecule has 0 bridgehead atoms. The molecule has 0 saturated heterocycles. The van der Waals surface area contributed by atoms with Gasteiger partial charge in [-0.1, -0.05) is 6.07 Å². The molecule has 1 aliphatic rings. The lowest BCUT2D eigenvalue weighted by Gasteiger charge is -2.16. The summed E-state index contributed by atoms with van der Waals surface area (Å²) in [4.78, 5) is 2.10. The van der Waals surface area contributed by atoms with Crippen molar-refractivity contribution >= 4 is 0 Å². The highest BCUT2D eigenvalue weighted by atomic mass is 16.5. The molecule has 1 aromatic carbocycles. The highest BCUT2D eigenvalue weighted by Gasteiger charge is 2.42. The monoisotopic (exact) mass is 221 g/mol. The van der Waals surface area contributed by atoms with Crippen molar-refractivity contribution in [1.82, 2.24) is 4.90 Å². The largest absolute Gasteiger partial charge is 0.496 e. The minimum atomic E-state index is -0.562. The zero-order chi connectivity index (χ0) is 11.8. The summed E-state index contributed by atoms with van der Waals surface area (Å²) < 4.78 is 5.33. The lowest BCUT2D eigenvalue weighted by Crippen LogP contribution is -2.13. The first-order chi connectivity index (χ1) is 7.55. The summed E-state index contributed by atoms with van der Waals surface area (Å²) in [6.07, 6.45) is 1.75. The Balaban J connectivity index is 2.31. The molecule has 1 aliphatic carbocycles. The van der Waals surface area contributed by atoms with Crippen LogP contribution in [0.3, 0.4) is 0 Å². The van der Waals surface area contributed by atoms with Crippen molar-refractivity contribution in [1.29, 1.82) is 0 Å². The number of ether oxygens (including phenoxy) is 1. The third-order valence-corrected chi connectivity index (χ3v) is 3.03. The highest BCUT2D eigenvalue weighted by molar-refractivity contribution is 5.41. The van der Waals surface area contributed by atoms with Gasteiger partial charge in [0.1, 0.15) is 5.75 Å². The molecule has 0 aromatic heterocycles. The molecule has 16 heavy (non-hydrogen) atoms. The fourth-order valence-electron chi connectivity index (χ4n) is 1.94. The second-order valence-corrected chi connectivity index (χ2v) is 4.80. The van der Waals surface area contributed by atoms with Gasteiger partial charge < -0.3 is 14.7 Å². The SMILES string of the molecule is COc1ccc(C2(O)CC2)cc1CN(C)C. The van der Waals surface area contributed by atoms with Crippen LogP contribution >= 0.6 is 0 Å². The average Bonchev–Trinajstić information content (AvgIpc) is 2.97. The van der Waals surface area contributed by atoms with E-state index in [4.69, 9.17) is 4.74 Å². The lowest BCUT2D eigenvalue weighted by atomic mass is 10.0. The van der Waals surface area contributed by atoms with Crippen molar-refractivity contribution in [2.45, 2.75) is 25.0 Å². The van der Waals surface area contributed by atoms with E-state index in [0.717, 1.165) is 36.3 Å². The molecule has 0 amide bonds. The maximum absolute atomic E-state index is 10.1. The minimum Gasteiger partial charge on any atom is -0.496 e. The van der Waals surface area contributed by atoms with Crippen LogP contribution in [0.4, 0.5) is 0 Å². The first kappa shape index (κ1) is 11.4. The molecule has 3 heteroatoms. The van der Waals surface area contributed by atoms with Crippen LogP contribution in [0.25, 0.3) is 0 Å². The Kier molecular flexibility index (Phi) is 2.91. The highest BCUT2D eigenvalue weighted by Crippen LogP contribution is 2.46. The van der Waals surface area contributed by atoms with Crippen molar-refractivity contribution in [3.63, 3.8) is 0 Å². The lowest BCUT2D eigenvalue weighted by molar-refractivity contribution is 0.151. The molecule has 2 rings (SSSR count). The van der Waals surface area contributed by atoms with Crippen molar-refractivity contribution < 1.29 is 9.84 Å². The van der Waals surface area contributed by atoms with Gasteiger partial charge in [0.2, 0.25) is 0 Å². The number of rotatable bonds is 4. The second-order valence-electron chi connectivity index (χ2n) is 4.80. The number of aliphatic hydroxyl groups is 1. The Hall–Kier alpha value is -1.06. The summed E-state index contributed by atoms with van der Waals surface area (Å²) in [7, 11) is 5.73. The Labute approximate surface area is 96.6 Å². The molecule has 0 spiro atoms. The third kappa shape index (κ3) is 2.20. The van der Waals surface area contributed by atoms with Gasteiger partial charge in [-0.05, 0) is 44.6 Å². The van der Waals surface area contributed by atoms with E-state index < -0.39 is 5.60 Å². The number of hydrogen-bond acceptors (Lipinski definition) is 3. The number of nitrogens with zero attached hydrogens (tertiary/aromatic N) is 1. The van der Waals surface area contributed by atoms with Crippen LogP contribution in [0.1, 0.15) is 24.0 Å². The van der Waals surface area contributed by atoms with Crippen LogP contribution in [-0.4, -0.2) is 31.2 Å². The van der Waals surface area contributed by atoms with Gasteiger partial charge in [0, 0.05) is 12.1 Å². The summed E-state index contributed by atoms with van der Waals surface area (Å²) in [5, 5.41) is 10.1. The molecule has 3 nitrogen and oxygen atoms in total. The van der Waals surface area contributed by atoms with Crippen LogP contribution in [-0.2, 0) is 12.1 Å². The Morgan fingerprint density at radius 2 is 2.06 bits per heavy atom. The fourth-order valence-corrected chi connectivity index (χ4v) is 1.94. The summed E-state index contributed by atoms with van der Waals surface area (Å²) >= 11 is 0. The topological polar surface area (TPSA) is 32.7 Å². The third-order valence-electron chi connectivity index (χ3n) is 3.03. The normalized spacial score (nSPS) is 17.6. The molecule has 1 N–H and O–H groups in total. The van der Waals surface area contributed by atoms with Crippen LogP contribution in [0.2, 0.25) is 0 Å². The van der Waals surface area contributed by atoms with Gasteiger partial charge in [-0.2, -0.15) is 0 Å². The predicted octanol–water partition coefficient (Wildman–Crippen LogP) is 1.74. The van der Waals surface area contributed by atoms with Gasteiger partial charge >= 0.3 is 0 Å². The molecular formula is C13H19NO2. The molecular weight excluding hydrogens is 202 g/mol. The smallest absolute Gasteiger partial charge is 0.123 e. The van der Waals surface area contributed by atoms with E-state index in [9.17, 15) is 5.11 Å². The quantitative estimate of drug-likeness (QED) is 0.840. The molecule has 0 radical (unpaired) electrons. The van der Waals surface area contributed by atoms with Gasteiger partial charge in [0.05, 0.1) is 12.7 Å². The maximum Gasteiger partial charge on any atom is 0.123 e. The predicted molar refractivity (Wildman–Crippen MR) is 63.5 cm³/mol. The van der Waals surface area contributed by atoms with Gasteiger partial charge in [0.15, 0.2) is 0 Å². The Morgan fingerprint density at radius 3 is 2.56 bits per heavy atom. The Morgan fingerprint density at radius 1 is 1.38 bits per heavy atom.